The van der Waals surface area contributed by atoms with E-state index in [1.54, 1.807) is 0 Å². The number of rotatable bonds is 8. The van der Waals surface area contributed by atoms with Crippen LogP contribution in [0, 0.1) is 0 Å². The van der Waals surface area contributed by atoms with Gasteiger partial charge >= 0.3 is 0 Å². The summed E-state index contributed by atoms with van der Waals surface area (Å²) in [4.78, 5) is 5.07. The van der Waals surface area contributed by atoms with E-state index in [0.29, 0.717) is 19.3 Å². The highest BCUT2D eigenvalue weighted by molar-refractivity contribution is 5.79. The van der Waals surface area contributed by atoms with Crippen molar-refractivity contribution in [3.05, 3.63) is 78.5 Å². The molecule has 5 nitrogen and oxygen atoms in total. The SMILES string of the molecule is CCOc1ccc(-c2nc3c(OCc4ccccc4)cccn3c2NC2CCCCC2)cc1. The smallest absolute Gasteiger partial charge is 0.181 e. The number of nitrogens with zero attached hydrogens (tertiary/aromatic N) is 2. The Balaban J connectivity index is 1.52. The number of nitrogens with one attached hydrogen (secondary N) is 1. The lowest BCUT2D eigenvalue weighted by Gasteiger charge is -2.24. The van der Waals surface area contributed by atoms with Crippen molar-refractivity contribution in [3.63, 3.8) is 0 Å². The molecule has 0 radical (unpaired) electrons. The van der Waals surface area contributed by atoms with Gasteiger partial charge in [-0.2, -0.15) is 0 Å². The van der Waals surface area contributed by atoms with Gasteiger partial charge in [-0.15, -0.1) is 0 Å². The number of hydrogen-bond donors (Lipinski definition) is 1. The predicted molar refractivity (Wildman–Crippen MR) is 133 cm³/mol. The first-order valence-electron chi connectivity index (χ1n) is 12.0. The molecule has 5 rings (SSSR count). The zero-order valence-corrected chi connectivity index (χ0v) is 19.2. The number of anilines is 1. The van der Waals surface area contributed by atoms with Crippen LogP contribution in [0.25, 0.3) is 16.9 Å². The number of benzene rings is 2. The van der Waals surface area contributed by atoms with Crippen molar-refractivity contribution in [2.75, 3.05) is 11.9 Å². The summed E-state index contributed by atoms with van der Waals surface area (Å²) in [5, 5.41) is 3.83. The molecule has 0 unspecified atom stereocenters. The second-order valence-electron chi connectivity index (χ2n) is 8.59. The quantitative estimate of drug-likeness (QED) is 0.330. The van der Waals surface area contributed by atoms with Crippen LogP contribution in [0.1, 0.15) is 44.6 Å². The number of ether oxygens (including phenoxy) is 2. The van der Waals surface area contributed by atoms with Gasteiger partial charge in [0.25, 0.3) is 0 Å². The molecule has 0 bridgehead atoms. The minimum atomic E-state index is 0.467. The van der Waals surface area contributed by atoms with E-state index in [9.17, 15) is 0 Å². The summed E-state index contributed by atoms with van der Waals surface area (Å²) in [7, 11) is 0. The lowest BCUT2D eigenvalue weighted by molar-refractivity contribution is 0.308. The number of pyridine rings is 1. The van der Waals surface area contributed by atoms with Crippen LogP contribution in [0.5, 0.6) is 11.5 Å². The van der Waals surface area contributed by atoms with Crippen molar-refractivity contribution < 1.29 is 9.47 Å². The van der Waals surface area contributed by atoms with Crippen LogP contribution in [0.2, 0.25) is 0 Å². The molecule has 2 aromatic carbocycles. The first-order valence-corrected chi connectivity index (χ1v) is 12.0. The second kappa shape index (κ2) is 9.99. The molecule has 5 heteroatoms. The third-order valence-corrected chi connectivity index (χ3v) is 6.24. The standard InChI is InChI=1S/C28H31N3O2/c1-2-32-24-17-15-22(16-18-24)26-28(29-23-12-7-4-8-13-23)31-19-9-14-25(27(31)30-26)33-20-21-10-5-3-6-11-21/h3,5-6,9-11,14-19,23,29H,2,4,7-8,12-13,20H2,1H3. The average Bonchev–Trinajstić information content (AvgIpc) is 3.23. The fraction of sp³-hybridized carbons (Fsp3) is 0.321. The molecule has 4 aromatic rings. The zero-order chi connectivity index (χ0) is 22.5. The lowest BCUT2D eigenvalue weighted by Crippen LogP contribution is -2.23. The van der Waals surface area contributed by atoms with Crippen molar-refractivity contribution in [2.24, 2.45) is 0 Å². The molecule has 2 aromatic heterocycles. The first-order chi connectivity index (χ1) is 16.3. The number of fused-ring (bicyclic) bond motifs is 1. The van der Waals surface area contributed by atoms with E-state index in [1.807, 2.05) is 49.4 Å². The summed E-state index contributed by atoms with van der Waals surface area (Å²) in [6.07, 6.45) is 8.34. The van der Waals surface area contributed by atoms with Crippen molar-refractivity contribution >= 4 is 11.5 Å². The Labute approximate surface area is 195 Å². The first kappa shape index (κ1) is 21.4. The van der Waals surface area contributed by atoms with Gasteiger partial charge < -0.3 is 14.8 Å². The molecule has 0 spiro atoms. The van der Waals surface area contributed by atoms with E-state index in [2.05, 4.69) is 40.2 Å². The maximum atomic E-state index is 6.22. The maximum absolute atomic E-state index is 6.22. The molecule has 1 N–H and O–H groups in total. The van der Waals surface area contributed by atoms with Crippen molar-refractivity contribution in [2.45, 2.75) is 51.7 Å². The fourth-order valence-electron chi connectivity index (χ4n) is 4.55. The van der Waals surface area contributed by atoms with Crippen LogP contribution >= 0.6 is 0 Å². The molecular weight excluding hydrogens is 410 g/mol. The predicted octanol–water partition coefficient (Wildman–Crippen LogP) is 6.72. The van der Waals surface area contributed by atoms with Crippen molar-refractivity contribution in [1.82, 2.24) is 9.38 Å². The van der Waals surface area contributed by atoms with Crippen LogP contribution < -0.4 is 14.8 Å². The molecule has 1 aliphatic rings. The van der Waals surface area contributed by atoms with Crippen molar-refractivity contribution in [1.29, 1.82) is 0 Å². The van der Waals surface area contributed by atoms with Crippen LogP contribution in [0.4, 0.5) is 5.82 Å². The number of aromatic nitrogens is 2. The Hall–Kier alpha value is -3.47. The summed E-state index contributed by atoms with van der Waals surface area (Å²) >= 11 is 0. The summed E-state index contributed by atoms with van der Waals surface area (Å²) in [5.74, 6) is 2.69. The molecule has 33 heavy (non-hydrogen) atoms. The highest BCUT2D eigenvalue weighted by Crippen LogP contribution is 2.35. The monoisotopic (exact) mass is 441 g/mol. The van der Waals surface area contributed by atoms with Gasteiger partial charge in [-0.3, -0.25) is 4.40 Å². The van der Waals surface area contributed by atoms with Gasteiger partial charge in [0.1, 0.15) is 23.9 Å². The van der Waals surface area contributed by atoms with Gasteiger partial charge in [0, 0.05) is 17.8 Å². The van der Waals surface area contributed by atoms with Crippen LogP contribution in [0.3, 0.4) is 0 Å². The Bertz CT molecular complexity index is 1180. The number of hydrogen-bond acceptors (Lipinski definition) is 4. The summed E-state index contributed by atoms with van der Waals surface area (Å²) in [5.41, 5.74) is 3.97. The zero-order valence-electron chi connectivity index (χ0n) is 19.2. The Morgan fingerprint density at radius 2 is 1.70 bits per heavy atom. The molecular formula is C28H31N3O2. The largest absolute Gasteiger partial charge is 0.494 e. The van der Waals surface area contributed by atoms with E-state index in [1.165, 1.54) is 32.1 Å². The third kappa shape index (κ3) is 4.82. The third-order valence-electron chi connectivity index (χ3n) is 6.24. The highest BCUT2D eigenvalue weighted by Gasteiger charge is 2.21. The summed E-state index contributed by atoms with van der Waals surface area (Å²) < 4.78 is 14.0. The normalized spacial score (nSPS) is 14.3. The molecule has 170 valence electrons. The fourth-order valence-corrected chi connectivity index (χ4v) is 4.55. The molecule has 0 saturated heterocycles. The molecule has 1 saturated carbocycles. The van der Waals surface area contributed by atoms with Crippen molar-refractivity contribution in [3.8, 4) is 22.8 Å². The molecule has 0 aliphatic heterocycles. The van der Waals surface area contributed by atoms with Crippen LogP contribution in [-0.2, 0) is 6.61 Å². The average molecular weight is 442 g/mol. The van der Waals surface area contributed by atoms with Gasteiger partial charge in [0.15, 0.2) is 11.4 Å². The van der Waals surface area contributed by atoms with Crippen LogP contribution in [0.15, 0.2) is 72.9 Å². The van der Waals surface area contributed by atoms with E-state index in [-0.39, 0.29) is 0 Å². The molecule has 1 fully saturated rings. The molecule has 1 aliphatic carbocycles. The topological polar surface area (TPSA) is 47.8 Å². The maximum Gasteiger partial charge on any atom is 0.181 e. The van der Waals surface area contributed by atoms with Crippen LogP contribution in [-0.4, -0.2) is 22.0 Å². The van der Waals surface area contributed by atoms with Gasteiger partial charge in [-0.25, -0.2) is 4.98 Å². The van der Waals surface area contributed by atoms with Gasteiger partial charge in [0.05, 0.1) is 6.61 Å². The van der Waals surface area contributed by atoms with E-state index < -0.39 is 0 Å². The van der Waals surface area contributed by atoms with E-state index in [0.717, 1.165) is 39.8 Å². The minimum absolute atomic E-state index is 0.467. The van der Waals surface area contributed by atoms with Gasteiger partial charge in [-0.1, -0.05) is 49.6 Å². The number of imidazole rings is 1. The second-order valence-corrected chi connectivity index (χ2v) is 8.59. The van der Waals surface area contributed by atoms with Gasteiger partial charge in [-0.05, 0) is 61.7 Å². The Morgan fingerprint density at radius 1 is 0.909 bits per heavy atom. The molecule has 0 amide bonds. The highest BCUT2D eigenvalue weighted by atomic mass is 16.5. The summed E-state index contributed by atoms with van der Waals surface area (Å²) in [6, 6.07) is 22.9. The van der Waals surface area contributed by atoms with E-state index in [4.69, 9.17) is 14.5 Å². The Morgan fingerprint density at radius 3 is 2.45 bits per heavy atom. The minimum Gasteiger partial charge on any atom is -0.494 e. The lowest BCUT2D eigenvalue weighted by atomic mass is 9.95. The van der Waals surface area contributed by atoms with Gasteiger partial charge in [0.2, 0.25) is 0 Å². The molecule has 2 heterocycles. The Kier molecular flexibility index (Phi) is 6.47. The summed E-state index contributed by atoms with van der Waals surface area (Å²) in [6.45, 7) is 3.17. The molecule has 0 atom stereocenters. The van der Waals surface area contributed by atoms with E-state index >= 15 is 0 Å².